The lowest BCUT2D eigenvalue weighted by molar-refractivity contribution is -0.384. The number of rotatable bonds is 6. The molecule has 0 amide bonds. The smallest absolute Gasteiger partial charge is 0.280 e. The molecule has 0 saturated carbocycles. The number of furan rings is 1. The molecule has 2 aromatic carbocycles. The fourth-order valence-electron chi connectivity index (χ4n) is 6.18. The molecule has 8 nitrogen and oxygen atoms in total. The Labute approximate surface area is 249 Å². The van der Waals surface area contributed by atoms with E-state index < -0.39 is 11.0 Å². The van der Waals surface area contributed by atoms with Crippen LogP contribution in [0.4, 0.5) is 17.1 Å². The van der Waals surface area contributed by atoms with E-state index in [0.717, 1.165) is 30.2 Å². The molecule has 2 aromatic heterocycles. The summed E-state index contributed by atoms with van der Waals surface area (Å²) < 4.78 is 6.35. The summed E-state index contributed by atoms with van der Waals surface area (Å²) in [6.07, 6.45) is 2.96. The lowest BCUT2D eigenvalue weighted by atomic mass is 9.91. The Morgan fingerprint density at radius 2 is 1.80 bits per heavy atom. The van der Waals surface area contributed by atoms with E-state index in [4.69, 9.17) is 28.2 Å². The van der Waals surface area contributed by atoms with Crippen LogP contribution >= 0.6 is 23.8 Å². The largest absolute Gasteiger partial charge is 0.459 e. The number of piperidine rings is 1. The Kier molecular flexibility index (Phi) is 7.40. The molecule has 2 aliphatic rings. The summed E-state index contributed by atoms with van der Waals surface area (Å²) in [6.45, 7) is 6.50. The second-order valence-corrected chi connectivity index (χ2v) is 11.8. The Balaban J connectivity index is 1.40. The van der Waals surface area contributed by atoms with Gasteiger partial charge in [-0.25, -0.2) is 0 Å². The number of hydrogen-bond acceptors (Lipinski definition) is 6. The van der Waals surface area contributed by atoms with Gasteiger partial charge in [0.1, 0.15) is 17.6 Å². The Morgan fingerprint density at radius 3 is 2.51 bits per heavy atom. The second kappa shape index (κ2) is 11.1. The highest BCUT2D eigenvalue weighted by atomic mass is 35.5. The third-order valence-electron chi connectivity index (χ3n) is 7.80. The highest BCUT2D eigenvalue weighted by Gasteiger charge is 2.43. The molecule has 2 aliphatic heterocycles. The zero-order valence-electron chi connectivity index (χ0n) is 22.7. The molecule has 2 saturated heterocycles. The molecule has 4 atom stereocenters. The van der Waals surface area contributed by atoms with Crippen LogP contribution in [0, 0.1) is 22.0 Å². The number of nitrogens with one attached hydrogen (secondary N) is 1. The third-order valence-corrected chi connectivity index (χ3v) is 8.42. The van der Waals surface area contributed by atoms with Crippen molar-refractivity contribution in [1.29, 1.82) is 0 Å². The molecule has 6 rings (SSSR count). The number of hydrogen-bond donors (Lipinski definition) is 1. The lowest BCUT2D eigenvalue weighted by Gasteiger charge is -2.37. The van der Waals surface area contributed by atoms with Crippen LogP contribution in [-0.2, 0) is 0 Å². The van der Waals surface area contributed by atoms with Crippen molar-refractivity contribution in [1.82, 2.24) is 10.3 Å². The van der Waals surface area contributed by atoms with Gasteiger partial charge in [0.15, 0.2) is 5.11 Å². The predicted octanol–water partition coefficient (Wildman–Crippen LogP) is 7.56. The minimum Gasteiger partial charge on any atom is -0.459 e. The molecule has 0 radical (unpaired) electrons. The molecular weight excluding hydrogens is 558 g/mol. The number of anilines is 2. The summed E-state index contributed by atoms with van der Waals surface area (Å²) in [5.41, 5.74) is 3.03. The van der Waals surface area contributed by atoms with E-state index in [-0.39, 0.29) is 11.7 Å². The quantitative estimate of drug-likeness (QED) is 0.140. The molecule has 0 spiro atoms. The number of pyridine rings is 1. The number of nitro groups is 1. The average molecular weight is 588 g/mol. The number of para-hydroxylation sites is 1. The van der Waals surface area contributed by atoms with Crippen LogP contribution in [-0.4, -0.2) is 28.1 Å². The van der Waals surface area contributed by atoms with E-state index in [1.807, 2.05) is 41.3 Å². The third kappa shape index (κ3) is 5.27. The molecule has 4 aromatic rings. The van der Waals surface area contributed by atoms with E-state index in [9.17, 15) is 10.1 Å². The van der Waals surface area contributed by atoms with E-state index in [1.165, 1.54) is 12.5 Å². The van der Waals surface area contributed by atoms with Crippen LogP contribution in [0.3, 0.4) is 0 Å². The summed E-state index contributed by atoms with van der Waals surface area (Å²) in [5.74, 6) is 2.20. The first-order valence-corrected chi connectivity index (χ1v) is 14.5. The zero-order chi connectivity index (χ0) is 28.7. The first-order chi connectivity index (χ1) is 19.8. The molecule has 0 unspecified atom stereocenters. The van der Waals surface area contributed by atoms with Gasteiger partial charge in [-0.3, -0.25) is 15.1 Å². The van der Waals surface area contributed by atoms with Gasteiger partial charge in [0.2, 0.25) is 0 Å². The van der Waals surface area contributed by atoms with Gasteiger partial charge >= 0.3 is 0 Å². The van der Waals surface area contributed by atoms with E-state index in [2.05, 4.69) is 35.1 Å². The van der Waals surface area contributed by atoms with E-state index >= 15 is 0 Å². The first-order valence-electron chi connectivity index (χ1n) is 13.7. The standard InChI is InChI=1S/C31H30ClN5O3S/c1-19-15-20(2)18-35(17-19)26-11-10-21(16-23(26)32)36-30(29(34-31(36)41)24-8-5-6-14-33-24)28-13-12-27(40-28)22-7-3-4-9-25(22)37(38)39/h3-14,16,19-20,29-30H,15,17-18H2,1-2H3,(H,34,41)/t19-,20+,29-,30+/m0/s1. The van der Waals surface area contributed by atoms with Crippen molar-refractivity contribution in [3.63, 3.8) is 0 Å². The highest BCUT2D eigenvalue weighted by molar-refractivity contribution is 7.80. The maximum absolute atomic E-state index is 11.7. The summed E-state index contributed by atoms with van der Waals surface area (Å²) in [4.78, 5) is 20.2. The molecule has 10 heteroatoms. The fourth-order valence-corrected chi connectivity index (χ4v) is 6.82. The first kappa shape index (κ1) is 27.2. The van der Waals surface area contributed by atoms with Crippen molar-refractivity contribution in [3.8, 4) is 11.3 Å². The summed E-state index contributed by atoms with van der Waals surface area (Å²) >= 11 is 12.8. The SMILES string of the molecule is C[C@@H]1C[C@H](C)CN(c2ccc(N3C(=S)N[C@@H](c4ccccn4)[C@H]3c3ccc(-c4ccccc4[N+](=O)[O-])o3)cc2Cl)C1. The van der Waals surface area contributed by atoms with Crippen LogP contribution in [0.25, 0.3) is 11.3 Å². The molecule has 41 heavy (non-hydrogen) atoms. The molecule has 2 fully saturated rings. The molecule has 210 valence electrons. The van der Waals surface area contributed by atoms with Crippen LogP contribution in [0.5, 0.6) is 0 Å². The summed E-state index contributed by atoms with van der Waals surface area (Å²) in [6, 6.07) is 21.2. The van der Waals surface area contributed by atoms with Gasteiger partial charge in [-0.15, -0.1) is 0 Å². The number of halogens is 1. The van der Waals surface area contributed by atoms with Crippen molar-refractivity contribution >= 4 is 46.0 Å². The van der Waals surface area contributed by atoms with Crippen LogP contribution < -0.4 is 15.1 Å². The van der Waals surface area contributed by atoms with Crippen LogP contribution in [0.2, 0.25) is 5.02 Å². The van der Waals surface area contributed by atoms with Crippen LogP contribution in [0.1, 0.15) is 43.8 Å². The van der Waals surface area contributed by atoms with Gasteiger partial charge in [0, 0.05) is 31.0 Å². The fraction of sp³-hybridized carbons (Fsp3) is 0.290. The predicted molar refractivity (Wildman–Crippen MR) is 165 cm³/mol. The van der Waals surface area contributed by atoms with Crippen molar-refractivity contribution in [3.05, 3.63) is 106 Å². The van der Waals surface area contributed by atoms with Gasteiger partial charge in [0.05, 0.1) is 32.9 Å². The Hall–Kier alpha value is -3.95. The monoisotopic (exact) mass is 587 g/mol. The minimum atomic E-state index is -0.411. The van der Waals surface area contributed by atoms with Crippen LogP contribution in [0.15, 0.2) is 83.4 Å². The average Bonchev–Trinajstić information content (AvgIpc) is 3.57. The summed E-state index contributed by atoms with van der Waals surface area (Å²) in [5, 5.41) is 16.3. The molecule has 4 heterocycles. The van der Waals surface area contributed by atoms with Crippen molar-refractivity contribution in [2.24, 2.45) is 11.8 Å². The maximum Gasteiger partial charge on any atom is 0.280 e. The number of nitro benzene ring substituents is 1. The van der Waals surface area contributed by atoms with E-state index in [1.54, 1.807) is 30.5 Å². The number of thiocarbonyl (C=S) groups is 1. The van der Waals surface area contributed by atoms with Gasteiger partial charge in [0.25, 0.3) is 5.69 Å². The molecule has 0 aliphatic carbocycles. The Morgan fingerprint density at radius 1 is 1.05 bits per heavy atom. The Bertz CT molecular complexity index is 1590. The van der Waals surface area contributed by atoms with Crippen molar-refractivity contribution in [2.45, 2.75) is 32.4 Å². The van der Waals surface area contributed by atoms with Crippen molar-refractivity contribution in [2.75, 3.05) is 22.9 Å². The van der Waals surface area contributed by atoms with Gasteiger partial charge < -0.3 is 19.5 Å². The van der Waals surface area contributed by atoms with E-state index in [0.29, 0.717) is 39.1 Å². The zero-order valence-corrected chi connectivity index (χ0v) is 24.3. The normalized spacial score (nSPS) is 22.6. The maximum atomic E-state index is 11.7. The summed E-state index contributed by atoms with van der Waals surface area (Å²) in [7, 11) is 0. The number of benzene rings is 2. The van der Waals surface area contributed by atoms with Gasteiger partial charge in [-0.05, 0) is 79.0 Å². The lowest BCUT2D eigenvalue weighted by Crippen LogP contribution is -2.38. The number of aromatic nitrogens is 1. The molecule has 0 bridgehead atoms. The minimum absolute atomic E-state index is 0.0182. The number of nitrogens with zero attached hydrogens (tertiary/aromatic N) is 4. The topological polar surface area (TPSA) is 87.7 Å². The van der Waals surface area contributed by atoms with Gasteiger partial charge in [-0.1, -0.05) is 43.6 Å². The molecular formula is C31H30ClN5O3S. The second-order valence-electron chi connectivity index (χ2n) is 11.0. The van der Waals surface area contributed by atoms with Crippen molar-refractivity contribution < 1.29 is 9.34 Å². The highest BCUT2D eigenvalue weighted by Crippen LogP contribution is 2.45. The molecule has 1 N–H and O–H groups in total. The van der Waals surface area contributed by atoms with Gasteiger partial charge in [-0.2, -0.15) is 0 Å².